The van der Waals surface area contributed by atoms with Gasteiger partial charge in [0.25, 0.3) is 0 Å². The first-order chi connectivity index (χ1) is 15.4. The maximum atomic E-state index is 14.9. The van der Waals surface area contributed by atoms with E-state index in [1.807, 2.05) is 24.3 Å². The van der Waals surface area contributed by atoms with E-state index >= 15 is 0 Å². The van der Waals surface area contributed by atoms with Gasteiger partial charge in [0.2, 0.25) is 0 Å². The van der Waals surface area contributed by atoms with Crippen LogP contribution in [0, 0.1) is 23.3 Å². The van der Waals surface area contributed by atoms with E-state index in [0.717, 1.165) is 36.6 Å². The number of aryl methyl sites for hydroxylation is 1. The molecule has 0 bridgehead atoms. The van der Waals surface area contributed by atoms with Gasteiger partial charge < -0.3 is 0 Å². The number of benzene rings is 4. The molecular weight excluding hydrogens is 436 g/mol. The molecule has 0 unspecified atom stereocenters. The molecule has 0 atom stereocenters. The van der Waals surface area contributed by atoms with Crippen molar-refractivity contribution in [2.24, 2.45) is 0 Å². The summed E-state index contributed by atoms with van der Waals surface area (Å²) in [5.74, 6) is -3.42. The first kappa shape index (κ1) is 22.1. The third kappa shape index (κ3) is 4.42. The molecule has 0 aliphatic heterocycles. The van der Waals surface area contributed by atoms with Crippen LogP contribution in [0.15, 0.2) is 72.8 Å². The van der Waals surface area contributed by atoms with Gasteiger partial charge in [-0.2, -0.15) is 0 Å². The third-order valence-electron chi connectivity index (χ3n) is 5.36. The second kappa shape index (κ2) is 9.17. The molecule has 0 saturated heterocycles. The Kier molecular flexibility index (Phi) is 6.33. The van der Waals surface area contributed by atoms with Crippen molar-refractivity contribution in [3.63, 3.8) is 0 Å². The summed E-state index contributed by atoms with van der Waals surface area (Å²) in [6, 6.07) is 18.3. The molecule has 0 heterocycles. The highest BCUT2D eigenvalue weighted by atomic mass is 35.5. The van der Waals surface area contributed by atoms with Crippen molar-refractivity contribution in [1.82, 2.24) is 0 Å². The fraction of sp³-hybridized carbons (Fsp3) is 0.111. The van der Waals surface area contributed by atoms with Gasteiger partial charge >= 0.3 is 0 Å². The van der Waals surface area contributed by atoms with Crippen LogP contribution in [0.2, 0.25) is 5.02 Å². The van der Waals surface area contributed by atoms with Crippen LogP contribution in [0.4, 0.5) is 17.6 Å². The van der Waals surface area contributed by atoms with Crippen molar-refractivity contribution >= 4 is 11.6 Å². The third-order valence-corrected chi connectivity index (χ3v) is 5.65. The van der Waals surface area contributed by atoms with Gasteiger partial charge in [0.1, 0.15) is 11.6 Å². The second-order valence-electron chi connectivity index (χ2n) is 7.59. The zero-order valence-electron chi connectivity index (χ0n) is 17.2. The normalized spacial score (nSPS) is 11.1. The smallest absolute Gasteiger partial charge is 0.159 e. The summed E-state index contributed by atoms with van der Waals surface area (Å²) >= 11 is 6.25. The first-order valence-corrected chi connectivity index (χ1v) is 10.6. The maximum Gasteiger partial charge on any atom is 0.159 e. The molecule has 5 heteroatoms. The second-order valence-corrected chi connectivity index (χ2v) is 7.99. The van der Waals surface area contributed by atoms with Crippen molar-refractivity contribution < 1.29 is 17.6 Å². The van der Waals surface area contributed by atoms with Gasteiger partial charge in [-0.25, -0.2) is 17.6 Å². The lowest BCUT2D eigenvalue weighted by atomic mass is 9.96. The summed E-state index contributed by atoms with van der Waals surface area (Å²) < 4.78 is 56.6. The van der Waals surface area contributed by atoms with Crippen molar-refractivity contribution in [2.45, 2.75) is 19.8 Å². The van der Waals surface area contributed by atoms with Crippen LogP contribution in [0.3, 0.4) is 0 Å². The molecule has 4 rings (SSSR count). The van der Waals surface area contributed by atoms with Crippen molar-refractivity contribution in [3.05, 3.63) is 107 Å². The molecule has 32 heavy (non-hydrogen) atoms. The Morgan fingerprint density at radius 3 is 1.84 bits per heavy atom. The van der Waals surface area contributed by atoms with Crippen LogP contribution >= 0.6 is 11.6 Å². The number of hydrogen-bond donors (Lipinski definition) is 0. The zero-order chi connectivity index (χ0) is 22.8. The molecular formula is C27H19ClF4. The first-order valence-electron chi connectivity index (χ1n) is 10.2. The lowest BCUT2D eigenvalue weighted by Gasteiger charge is -2.12. The van der Waals surface area contributed by atoms with Gasteiger partial charge in [-0.15, -0.1) is 0 Å². The average Bonchev–Trinajstić information content (AvgIpc) is 2.76. The van der Waals surface area contributed by atoms with E-state index in [1.165, 1.54) is 23.8 Å². The van der Waals surface area contributed by atoms with Gasteiger partial charge in [-0.05, 0) is 64.6 Å². The predicted octanol–water partition coefficient (Wildman–Crippen LogP) is 8.85. The molecule has 4 aromatic carbocycles. The van der Waals surface area contributed by atoms with Crippen molar-refractivity contribution in [3.8, 4) is 33.4 Å². The van der Waals surface area contributed by atoms with E-state index in [-0.39, 0.29) is 27.3 Å². The number of hydrogen-bond acceptors (Lipinski definition) is 0. The average molecular weight is 455 g/mol. The lowest BCUT2D eigenvalue weighted by molar-refractivity contribution is 0.509. The standard InChI is InChI=1S/C27H19ClF4/c1-2-3-16-4-6-17(7-5-16)18-8-10-21(24(30)13-18)20-12-22(28)27(26(32)15-20)19-9-11-23(29)25(31)14-19/h4-15H,2-3H2,1H3. The minimum Gasteiger partial charge on any atom is -0.206 e. The van der Waals surface area contributed by atoms with Crippen LogP contribution in [0.25, 0.3) is 33.4 Å². The zero-order valence-corrected chi connectivity index (χ0v) is 18.0. The molecule has 0 fully saturated rings. The van der Waals surface area contributed by atoms with E-state index in [9.17, 15) is 17.6 Å². The molecule has 0 aliphatic rings. The highest BCUT2D eigenvalue weighted by molar-refractivity contribution is 6.33. The van der Waals surface area contributed by atoms with Gasteiger partial charge in [0.15, 0.2) is 11.6 Å². The molecule has 0 radical (unpaired) electrons. The molecule has 0 spiro atoms. The Balaban J connectivity index is 1.68. The predicted molar refractivity (Wildman–Crippen MR) is 122 cm³/mol. The Morgan fingerprint density at radius 1 is 0.594 bits per heavy atom. The van der Waals surface area contributed by atoms with Crippen LogP contribution in [0.5, 0.6) is 0 Å². The molecule has 0 N–H and O–H groups in total. The Bertz CT molecular complexity index is 1260. The van der Waals surface area contributed by atoms with Gasteiger partial charge in [-0.3, -0.25) is 0 Å². The number of halogens is 5. The minimum atomic E-state index is -1.11. The van der Waals surface area contributed by atoms with Crippen LogP contribution in [-0.4, -0.2) is 0 Å². The van der Waals surface area contributed by atoms with Crippen molar-refractivity contribution in [2.75, 3.05) is 0 Å². The van der Waals surface area contributed by atoms with E-state index in [1.54, 1.807) is 12.1 Å². The van der Waals surface area contributed by atoms with Gasteiger partial charge in [0, 0.05) is 11.1 Å². The minimum absolute atomic E-state index is 0.0269. The van der Waals surface area contributed by atoms with Gasteiger partial charge in [0.05, 0.1) is 5.02 Å². The summed E-state index contributed by atoms with van der Waals surface area (Å²) in [6.45, 7) is 2.11. The topological polar surface area (TPSA) is 0 Å². The van der Waals surface area contributed by atoms with Gasteiger partial charge in [-0.1, -0.05) is 67.4 Å². The Hall–Kier alpha value is -3.11. The van der Waals surface area contributed by atoms with Crippen LogP contribution in [-0.2, 0) is 6.42 Å². The molecule has 0 amide bonds. The summed E-state index contributed by atoms with van der Waals surface area (Å²) in [5, 5.41) is -0.0269. The van der Waals surface area contributed by atoms with Crippen LogP contribution < -0.4 is 0 Å². The van der Waals surface area contributed by atoms with E-state index in [2.05, 4.69) is 6.92 Å². The largest absolute Gasteiger partial charge is 0.206 e. The van der Waals surface area contributed by atoms with Crippen LogP contribution in [0.1, 0.15) is 18.9 Å². The van der Waals surface area contributed by atoms with Crippen molar-refractivity contribution in [1.29, 1.82) is 0 Å². The monoisotopic (exact) mass is 454 g/mol. The highest BCUT2D eigenvalue weighted by Gasteiger charge is 2.16. The molecule has 0 nitrogen and oxygen atoms in total. The molecule has 0 aliphatic carbocycles. The summed E-state index contributed by atoms with van der Waals surface area (Å²) in [4.78, 5) is 0. The quantitative estimate of drug-likeness (QED) is 0.264. The van der Waals surface area contributed by atoms with E-state index in [0.29, 0.717) is 5.56 Å². The number of rotatable bonds is 5. The SMILES string of the molecule is CCCc1ccc(-c2ccc(-c3cc(F)c(-c4ccc(F)c(F)c4)c(Cl)c3)c(F)c2)cc1. The molecule has 0 saturated carbocycles. The molecule has 0 aromatic heterocycles. The summed E-state index contributed by atoms with van der Waals surface area (Å²) in [7, 11) is 0. The highest BCUT2D eigenvalue weighted by Crippen LogP contribution is 2.37. The van der Waals surface area contributed by atoms with E-state index < -0.39 is 23.3 Å². The lowest BCUT2D eigenvalue weighted by Crippen LogP contribution is -1.93. The Labute approximate surface area is 189 Å². The summed E-state index contributed by atoms with van der Waals surface area (Å²) in [5.41, 5.74) is 3.28. The fourth-order valence-electron chi connectivity index (χ4n) is 3.74. The maximum absolute atomic E-state index is 14.9. The fourth-order valence-corrected chi connectivity index (χ4v) is 4.05. The molecule has 4 aromatic rings. The molecule has 162 valence electrons. The summed E-state index contributed by atoms with van der Waals surface area (Å²) in [6.07, 6.45) is 2.04. The Morgan fingerprint density at radius 2 is 1.22 bits per heavy atom. The van der Waals surface area contributed by atoms with E-state index in [4.69, 9.17) is 11.6 Å².